The van der Waals surface area contributed by atoms with E-state index in [0.717, 1.165) is 5.57 Å². The Morgan fingerprint density at radius 2 is 1.94 bits per heavy atom. The highest BCUT2D eigenvalue weighted by Crippen LogP contribution is 2.71. The number of aliphatic hydroxyl groups excluding tert-OH is 1. The van der Waals surface area contributed by atoms with Gasteiger partial charge in [-0.2, -0.15) is 0 Å². The number of halogens is 2. The SMILES string of the molecule is CCC(=O)O[C@]1(C(=O)CCl)CC[C@H]2[C@@H]3CCC4=CC(=O)CC[C@]4(C)[C@@]3(F)[C@@H](O)C[C@@]21C. The summed E-state index contributed by atoms with van der Waals surface area (Å²) in [5, 5.41) is 11.4. The van der Waals surface area contributed by atoms with E-state index < -0.39 is 40.1 Å². The van der Waals surface area contributed by atoms with Crippen molar-refractivity contribution in [2.75, 3.05) is 5.88 Å². The molecule has 0 bridgehead atoms. The number of ketones is 2. The molecule has 0 heterocycles. The Kier molecular flexibility index (Phi) is 5.45. The number of allylic oxidation sites excluding steroid dienone is 1. The molecule has 1 N–H and O–H groups in total. The van der Waals surface area contributed by atoms with Gasteiger partial charge in [-0.3, -0.25) is 14.4 Å². The van der Waals surface area contributed by atoms with Gasteiger partial charge in [0.25, 0.3) is 0 Å². The van der Waals surface area contributed by atoms with E-state index in [1.165, 1.54) is 0 Å². The van der Waals surface area contributed by atoms with Gasteiger partial charge >= 0.3 is 5.97 Å². The predicted molar refractivity (Wildman–Crippen MR) is 113 cm³/mol. The standard InChI is InChI=1S/C24H32ClFO5/c1-4-20(30)31-23(19(29)13-25)10-8-16-17-6-5-14-11-15(27)7-9-21(14,2)24(17,26)18(28)12-22(16,23)3/h11,16-18,28H,4-10,12-13H2,1-3H3/t16-,17-,18-,21-,22-,23-,24-/m0/s1. The van der Waals surface area contributed by atoms with Crippen LogP contribution in [0.4, 0.5) is 4.39 Å². The molecule has 4 aliphatic rings. The predicted octanol–water partition coefficient (Wildman–Crippen LogP) is 4.08. The molecule has 31 heavy (non-hydrogen) atoms. The van der Waals surface area contributed by atoms with Crippen LogP contribution in [-0.2, 0) is 19.1 Å². The van der Waals surface area contributed by atoms with E-state index in [9.17, 15) is 19.5 Å². The minimum Gasteiger partial charge on any atom is -0.450 e. The highest BCUT2D eigenvalue weighted by molar-refractivity contribution is 6.29. The van der Waals surface area contributed by atoms with Crippen LogP contribution in [0.25, 0.3) is 0 Å². The molecule has 0 aliphatic heterocycles. The molecular weight excluding hydrogens is 423 g/mol. The van der Waals surface area contributed by atoms with Crippen LogP contribution < -0.4 is 0 Å². The zero-order valence-corrected chi connectivity index (χ0v) is 19.3. The Bertz CT molecular complexity index is 857. The fourth-order valence-electron chi connectivity index (χ4n) is 7.62. The molecule has 0 unspecified atom stereocenters. The van der Waals surface area contributed by atoms with Crippen LogP contribution in [0.1, 0.15) is 72.1 Å². The van der Waals surface area contributed by atoms with Crippen LogP contribution in [0.5, 0.6) is 0 Å². The van der Waals surface area contributed by atoms with Gasteiger partial charge in [0.1, 0.15) is 5.67 Å². The molecule has 5 nitrogen and oxygen atoms in total. The first-order valence-electron chi connectivity index (χ1n) is 11.4. The Labute approximate surface area is 187 Å². The monoisotopic (exact) mass is 454 g/mol. The summed E-state index contributed by atoms with van der Waals surface area (Å²) in [5.41, 5.74) is -4.34. The molecule has 0 spiro atoms. The second-order valence-electron chi connectivity index (χ2n) is 10.4. The van der Waals surface area contributed by atoms with Crippen LogP contribution in [-0.4, -0.2) is 45.9 Å². The molecule has 4 rings (SSSR count). The summed E-state index contributed by atoms with van der Waals surface area (Å²) in [6.45, 7) is 5.37. The van der Waals surface area contributed by atoms with Crippen molar-refractivity contribution < 1.29 is 28.6 Å². The summed E-state index contributed by atoms with van der Waals surface area (Å²) in [6.07, 6.45) is 2.96. The molecule has 0 radical (unpaired) electrons. The highest BCUT2D eigenvalue weighted by Gasteiger charge is 2.75. The van der Waals surface area contributed by atoms with Crippen LogP contribution >= 0.6 is 11.6 Å². The molecule has 7 atom stereocenters. The number of Topliss-reactive ketones (excluding diaryl/α,β-unsaturated/α-hetero) is 1. The average molecular weight is 455 g/mol. The van der Waals surface area contributed by atoms with Gasteiger partial charge in [0.15, 0.2) is 17.2 Å². The van der Waals surface area contributed by atoms with Gasteiger partial charge in [-0.25, -0.2) is 4.39 Å². The molecule has 3 saturated carbocycles. The number of esters is 1. The lowest BCUT2D eigenvalue weighted by molar-refractivity contribution is -0.231. The Balaban J connectivity index is 1.80. The molecule has 0 aromatic rings. The first-order valence-corrected chi connectivity index (χ1v) is 12.0. The van der Waals surface area contributed by atoms with E-state index in [0.29, 0.717) is 32.1 Å². The first-order chi connectivity index (χ1) is 14.5. The van der Waals surface area contributed by atoms with Gasteiger partial charge in [-0.15, -0.1) is 11.6 Å². The lowest BCUT2D eigenvalue weighted by Crippen LogP contribution is -2.70. The number of hydrogen-bond donors (Lipinski definition) is 1. The summed E-state index contributed by atoms with van der Waals surface area (Å²) in [6, 6.07) is 0. The minimum atomic E-state index is -1.89. The van der Waals surface area contributed by atoms with Gasteiger partial charge < -0.3 is 9.84 Å². The van der Waals surface area contributed by atoms with Crippen molar-refractivity contribution in [2.24, 2.45) is 22.7 Å². The van der Waals surface area contributed by atoms with Crippen molar-refractivity contribution in [1.29, 1.82) is 0 Å². The van der Waals surface area contributed by atoms with E-state index in [2.05, 4.69) is 0 Å². The Morgan fingerprint density at radius 1 is 1.23 bits per heavy atom. The van der Waals surface area contributed by atoms with Crippen molar-refractivity contribution in [3.05, 3.63) is 11.6 Å². The number of hydrogen-bond acceptors (Lipinski definition) is 5. The number of alkyl halides is 2. The van der Waals surface area contributed by atoms with Crippen LogP contribution in [0, 0.1) is 22.7 Å². The fourth-order valence-corrected chi connectivity index (χ4v) is 7.83. The number of carbonyl (C=O) groups is 3. The van der Waals surface area contributed by atoms with Gasteiger partial charge in [0.2, 0.25) is 0 Å². The van der Waals surface area contributed by atoms with Crippen LogP contribution in [0.15, 0.2) is 11.6 Å². The normalized spacial score (nSPS) is 46.5. The number of aliphatic hydroxyl groups is 1. The quantitative estimate of drug-likeness (QED) is 0.511. The molecule has 0 amide bonds. The fraction of sp³-hybridized carbons (Fsp3) is 0.792. The Hall–Kier alpha value is -1.27. The van der Waals surface area contributed by atoms with E-state index in [1.54, 1.807) is 13.0 Å². The molecular formula is C24H32ClFO5. The molecule has 4 aliphatic carbocycles. The maximum Gasteiger partial charge on any atom is 0.306 e. The highest BCUT2D eigenvalue weighted by atomic mass is 35.5. The molecule has 0 aromatic heterocycles. The van der Waals surface area contributed by atoms with Gasteiger partial charge in [-0.1, -0.05) is 26.3 Å². The summed E-state index contributed by atoms with van der Waals surface area (Å²) >= 11 is 5.95. The smallest absolute Gasteiger partial charge is 0.306 e. The van der Waals surface area contributed by atoms with E-state index in [1.807, 2.05) is 13.8 Å². The van der Waals surface area contributed by atoms with Crippen molar-refractivity contribution in [3.63, 3.8) is 0 Å². The number of ether oxygens (including phenoxy) is 1. The maximum absolute atomic E-state index is 17.1. The first kappa shape index (κ1) is 22.9. The summed E-state index contributed by atoms with van der Waals surface area (Å²) < 4.78 is 22.9. The third-order valence-electron chi connectivity index (χ3n) is 9.31. The summed E-state index contributed by atoms with van der Waals surface area (Å²) in [4.78, 5) is 37.4. The van der Waals surface area contributed by atoms with Gasteiger partial charge in [0, 0.05) is 29.6 Å². The van der Waals surface area contributed by atoms with Gasteiger partial charge in [0.05, 0.1) is 12.0 Å². The van der Waals surface area contributed by atoms with Crippen LogP contribution in [0.3, 0.4) is 0 Å². The van der Waals surface area contributed by atoms with Crippen molar-refractivity contribution in [2.45, 2.75) is 89.5 Å². The second-order valence-corrected chi connectivity index (χ2v) is 10.6. The number of carbonyl (C=O) groups excluding carboxylic acids is 3. The largest absolute Gasteiger partial charge is 0.450 e. The summed E-state index contributed by atoms with van der Waals surface area (Å²) in [5.74, 6) is -1.85. The third kappa shape index (κ3) is 2.79. The molecule has 0 saturated heterocycles. The summed E-state index contributed by atoms with van der Waals surface area (Å²) in [7, 11) is 0. The topological polar surface area (TPSA) is 80.7 Å². The Morgan fingerprint density at radius 3 is 2.58 bits per heavy atom. The molecule has 3 fully saturated rings. The second kappa shape index (κ2) is 7.38. The average Bonchev–Trinajstić information content (AvgIpc) is 3.01. The third-order valence-corrected chi connectivity index (χ3v) is 9.55. The number of fused-ring (bicyclic) bond motifs is 5. The minimum absolute atomic E-state index is 0.0150. The zero-order valence-electron chi connectivity index (χ0n) is 18.5. The van der Waals surface area contributed by atoms with Crippen molar-refractivity contribution >= 4 is 29.1 Å². The molecule has 172 valence electrons. The van der Waals surface area contributed by atoms with Gasteiger partial charge in [-0.05, 0) is 50.5 Å². The lowest BCUT2D eigenvalue weighted by atomic mass is 9.44. The lowest BCUT2D eigenvalue weighted by Gasteiger charge is -2.63. The maximum atomic E-state index is 17.1. The van der Waals surface area contributed by atoms with Crippen molar-refractivity contribution in [3.8, 4) is 0 Å². The van der Waals surface area contributed by atoms with E-state index >= 15 is 4.39 Å². The van der Waals surface area contributed by atoms with E-state index in [4.69, 9.17) is 16.3 Å². The molecule has 7 heteroatoms. The molecule has 0 aromatic carbocycles. The van der Waals surface area contributed by atoms with Crippen LogP contribution in [0.2, 0.25) is 0 Å². The zero-order chi connectivity index (χ0) is 22.8. The van der Waals surface area contributed by atoms with E-state index in [-0.39, 0.29) is 42.6 Å². The number of rotatable bonds is 4. The van der Waals surface area contributed by atoms with Crippen molar-refractivity contribution in [1.82, 2.24) is 0 Å².